The summed E-state index contributed by atoms with van der Waals surface area (Å²) in [4.78, 5) is 12.0. The molecule has 0 heterocycles. The van der Waals surface area contributed by atoms with E-state index in [-0.39, 0.29) is 39.3 Å². The number of nitrogen functional groups attached to an aromatic ring is 1. The molecule has 0 aliphatic heterocycles. The van der Waals surface area contributed by atoms with E-state index < -0.39 is 14.6 Å². The van der Waals surface area contributed by atoms with Gasteiger partial charge in [0, 0.05) is 12.0 Å². The van der Waals surface area contributed by atoms with Crippen LogP contribution in [-0.2, 0) is 9.84 Å². The number of nitrogens with two attached hydrogens (primary N) is 1. The Labute approximate surface area is 129 Å². The van der Waals surface area contributed by atoms with Gasteiger partial charge in [-0.25, -0.2) is 8.42 Å². The van der Waals surface area contributed by atoms with Crippen LogP contribution in [0.5, 0.6) is 0 Å². The molecule has 112 valence electrons. The molecule has 1 rings (SSSR count). The van der Waals surface area contributed by atoms with Gasteiger partial charge in [0.2, 0.25) is 0 Å². The summed E-state index contributed by atoms with van der Waals surface area (Å²) in [5, 5.41) is 0.360. The second-order valence-electron chi connectivity index (χ2n) is 5.46. The number of anilines is 1. The molecule has 0 saturated heterocycles. The minimum absolute atomic E-state index is 0.115. The summed E-state index contributed by atoms with van der Waals surface area (Å²) in [6.07, 6.45) is -0.115. The van der Waals surface area contributed by atoms with Crippen molar-refractivity contribution in [1.29, 1.82) is 0 Å². The fraction of sp³-hybridized carbons (Fsp3) is 0.462. The van der Waals surface area contributed by atoms with Crippen LogP contribution in [0.2, 0.25) is 10.0 Å². The summed E-state index contributed by atoms with van der Waals surface area (Å²) in [5.41, 5.74) is 6.04. The number of carbonyl (C=O) groups is 1. The van der Waals surface area contributed by atoms with Gasteiger partial charge < -0.3 is 5.73 Å². The number of Topliss-reactive ketones (excluding diaryl/α,β-unsaturated/α-hetero) is 1. The van der Waals surface area contributed by atoms with Crippen LogP contribution in [0, 0.1) is 0 Å². The number of halogens is 2. The molecule has 0 saturated carbocycles. The average Bonchev–Trinajstić information content (AvgIpc) is 2.31. The molecule has 0 fully saturated rings. The Kier molecular flexibility index (Phi) is 5.11. The number of hydrogen-bond acceptors (Lipinski definition) is 4. The Morgan fingerprint density at radius 1 is 1.20 bits per heavy atom. The van der Waals surface area contributed by atoms with Crippen molar-refractivity contribution >= 4 is 44.5 Å². The maximum absolute atomic E-state index is 12.0. The van der Waals surface area contributed by atoms with E-state index in [2.05, 4.69) is 0 Å². The molecule has 1 aromatic rings. The summed E-state index contributed by atoms with van der Waals surface area (Å²) < 4.78 is 23.0. The van der Waals surface area contributed by atoms with E-state index in [1.165, 1.54) is 12.1 Å². The van der Waals surface area contributed by atoms with Crippen LogP contribution in [0.4, 0.5) is 5.69 Å². The third kappa shape index (κ3) is 3.87. The topological polar surface area (TPSA) is 77.2 Å². The van der Waals surface area contributed by atoms with Gasteiger partial charge in [0.05, 0.1) is 26.2 Å². The third-order valence-electron chi connectivity index (χ3n) is 2.93. The number of hydrogen-bond donors (Lipinski definition) is 1. The lowest BCUT2D eigenvalue weighted by Crippen LogP contribution is -2.31. The minimum atomic E-state index is -3.34. The molecule has 0 radical (unpaired) electrons. The fourth-order valence-corrected chi connectivity index (χ4v) is 2.98. The molecule has 0 bridgehead atoms. The van der Waals surface area contributed by atoms with Crippen molar-refractivity contribution < 1.29 is 13.2 Å². The first-order valence-electron chi connectivity index (χ1n) is 5.96. The lowest BCUT2D eigenvalue weighted by atomic mass is 10.1. The number of sulfone groups is 1. The lowest BCUT2D eigenvalue weighted by molar-refractivity contribution is 0.0988. The molecule has 7 heteroatoms. The van der Waals surface area contributed by atoms with E-state index in [0.717, 1.165) is 0 Å². The van der Waals surface area contributed by atoms with Gasteiger partial charge in [0.25, 0.3) is 0 Å². The van der Waals surface area contributed by atoms with Crippen molar-refractivity contribution in [3.8, 4) is 0 Å². The van der Waals surface area contributed by atoms with E-state index in [1.54, 1.807) is 20.8 Å². The van der Waals surface area contributed by atoms with Crippen LogP contribution in [0.15, 0.2) is 12.1 Å². The second-order valence-corrected chi connectivity index (χ2v) is 9.13. The Morgan fingerprint density at radius 2 is 1.65 bits per heavy atom. The predicted octanol–water partition coefficient (Wildman–Crippen LogP) is 3.36. The van der Waals surface area contributed by atoms with Gasteiger partial charge in [-0.3, -0.25) is 4.79 Å². The van der Waals surface area contributed by atoms with Crippen LogP contribution < -0.4 is 5.73 Å². The first-order chi connectivity index (χ1) is 8.95. The molecule has 0 spiro atoms. The number of ketones is 1. The zero-order chi connectivity index (χ0) is 15.7. The fourth-order valence-electron chi connectivity index (χ4n) is 1.42. The first kappa shape index (κ1) is 17.3. The monoisotopic (exact) mass is 337 g/mol. The number of rotatable bonds is 4. The molecule has 0 atom stereocenters. The van der Waals surface area contributed by atoms with Crippen LogP contribution in [-0.4, -0.2) is 24.7 Å². The zero-order valence-electron chi connectivity index (χ0n) is 11.5. The molecule has 0 aromatic heterocycles. The van der Waals surface area contributed by atoms with Gasteiger partial charge >= 0.3 is 0 Å². The normalized spacial score (nSPS) is 12.4. The molecule has 0 unspecified atom stereocenters. The van der Waals surface area contributed by atoms with Gasteiger partial charge in [-0.15, -0.1) is 0 Å². The quantitative estimate of drug-likeness (QED) is 0.674. The summed E-state index contributed by atoms with van der Waals surface area (Å²) in [5.74, 6) is -0.545. The highest BCUT2D eigenvalue weighted by atomic mass is 35.5. The molecule has 0 aliphatic carbocycles. The summed E-state index contributed by atoms with van der Waals surface area (Å²) >= 11 is 11.7. The van der Waals surface area contributed by atoms with Crippen LogP contribution in [0.3, 0.4) is 0 Å². The van der Waals surface area contributed by atoms with Crippen molar-refractivity contribution in [2.24, 2.45) is 0 Å². The maximum Gasteiger partial charge on any atom is 0.163 e. The zero-order valence-corrected chi connectivity index (χ0v) is 13.9. The number of carbonyl (C=O) groups excluding carboxylic acids is 1. The Bertz CT molecular complexity index is 611. The van der Waals surface area contributed by atoms with Crippen LogP contribution >= 0.6 is 23.2 Å². The highest BCUT2D eigenvalue weighted by molar-refractivity contribution is 7.92. The van der Waals surface area contributed by atoms with Gasteiger partial charge in [0.1, 0.15) is 0 Å². The molecular weight excluding hydrogens is 321 g/mol. The van der Waals surface area contributed by atoms with Crippen molar-refractivity contribution in [2.45, 2.75) is 31.9 Å². The van der Waals surface area contributed by atoms with E-state index >= 15 is 0 Å². The first-order valence-corrected chi connectivity index (χ1v) is 8.36. The number of benzene rings is 1. The third-order valence-corrected chi connectivity index (χ3v) is 6.16. The highest BCUT2D eigenvalue weighted by Crippen LogP contribution is 2.29. The molecule has 2 N–H and O–H groups in total. The molecule has 1 aromatic carbocycles. The van der Waals surface area contributed by atoms with E-state index in [9.17, 15) is 13.2 Å². The van der Waals surface area contributed by atoms with E-state index in [4.69, 9.17) is 28.9 Å². The van der Waals surface area contributed by atoms with Crippen molar-refractivity contribution in [3.63, 3.8) is 0 Å². The average molecular weight is 338 g/mol. The van der Waals surface area contributed by atoms with Crippen molar-refractivity contribution in [1.82, 2.24) is 0 Å². The maximum atomic E-state index is 12.0. The van der Waals surface area contributed by atoms with Gasteiger partial charge in [0.15, 0.2) is 15.6 Å². The SMILES string of the molecule is CC(C)(C)S(=O)(=O)CCC(=O)c1cc(Cl)c(N)c(Cl)c1. The van der Waals surface area contributed by atoms with E-state index in [0.29, 0.717) is 0 Å². The van der Waals surface area contributed by atoms with Crippen molar-refractivity contribution in [2.75, 3.05) is 11.5 Å². The second kappa shape index (κ2) is 5.92. The summed E-state index contributed by atoms with van der Waals surface area (Å²) in [6, 6.07) is 2.80. The molecule has 0 amide bonds. The summed E-state index contributed by atoms with van der Waals surface area (Å²) in [6.45, 7) is 4.80. The van der Waals surface area contributed by atoms with Crippen molar-refractivity contribution in [3.05, 3.63) is 27.7 Å². The van der Waals surface area contributed by atoms with E-state index in [1.807, 2.05) is 0 Å². The molecule has 4 nitrogen and oxygen atoms in total. The highest BCUT2D eigenvalue weighted by Gasteiger charge is 2.29. The molecule has 20 heavy (non-hydrogen) atoms. The standard InChI is InChI=1S/C13H17Cl2NO3S/c1-13(2,3)20(18,19)5-4-11(17)8-6-9(14)12(16)10(15)7-8/h6-7H,4-5,16H2,1-3H3. The Hall–Kier alpha value is -0.780. The minimum Gasteiger partial charge on any atom is -0.396 e. The predicted molar refractivity (Wildman–Crippen MR) is 83.4 cm³/mol. The molecule has 0 aliphatic rings. The lowest BCUT2D eigenvalue weighted by Gasteiger charge is -2.18. The Morgan fingerprint density at radius 3 is 2.05 bits per heavy atom. The molecular formula is C13H17Cl2NO3S. The van der Waals surface area contributed by atoms with Gasteiger partial charge in [-0.1, -0.05) is 23.2 Å². The van der Waals surface area contributed by atoms with Crippen LogP contribution in [0.1, 0.15) is 37.6 Å². The summed E-state index contributed by atoms with van der Waals surface area (Å²) in [7, 11) is -3.34. The van der Waals surface area contributed by atoms with Gasteiger partial charge in [-0.05, 0) is 32.9 Å². The smallest absolute Gasteiger partial charge is 0.163 e. The van der Waals surface area contributed by atoms with Gasteiger partial charge in [-0.2, -0.15) is 0 Å². The largest absolute Gasteiger partial charge is 0.396 e. The Balaban J connectivity index is 2.89. The van der Waals surface area contributed by atoms with Crippen LogP contribution in [0.25, 0.3) is 0 Å².